The molecule has 0 heterocycles. The first-order valence-corrected chi connectivity index (χ1v) is 8.59. The van der Waals surface area contributed by atoms with Crippen molar-refractivity contribution in [1.82, 2.24) is 9.21 Å². The highest BCUT2D eigenvalue weighted by molar-refractivity contribution is 7.89. The quantitative estimate of drug-likeness (QED) is 0.756. The van der Waals surface area contributed by atoms with E-state index in [0.717, 1.165) is 13.0 Å². The summed E-state index contributed by atoms with van der Waals surface area (Å²) >= 11 is 10.9. The van der Waals surface area contributed by atoms with Crippen molar-refractivity contribution < 1.29 is 8.42 Å². The highest BCUT2D eigenvalue weighted by Gasteiger charge is 2.23. The standard InChI is InChI=1S/C13H20ClN3O2S2/c1-16(2)7-4-8-17(3)21(18,19)12-6-5-10(13(15)20)9-11(12)14/h5-6,9H,4,7-8H2,1-3H3,(H2,15,20). The SMILES string of the molecule is CN(C)CCCN(C)S(=O)(=O)c1ccc(C(N)=S)cc1Cl. The predicted molar refractivity (Wildman–Crippen MR) is 90.3 cm³/mol. The highest BCUT2D eigenvalue weighted by atomic mass is 35.5. The van der Waals surface area contributed by atoms with Gasteiger partial charge in [-0.05, 0) is 39.2 Å². The molecular formula is C13H20ClN3O2S2. The number of nitrogens with zero attached hydrogens (tertiary/aromatic N) is 2. The van der Waals surface area contributed by atoms with Crippen molar-refractivity contribution in [3.05, 3.63) is 28.8 Å². The summed E-state index contributed by atoms with van der Waals surface area (Å²) in [6.07, 6.45) is 0.741. The smallest absolute Gasteiger partial charge is 0.244 e. The van der Waals surface area contributed by atoms with E-state index in [9.17, 15) is 8.42 Å². The molecule has 0 spiro atoms. The van der Waals surface area contributed by atoms with Gasteiger partial charge in [-0.3, -0.25) is 0 Å². The van der Waals surface area contributed by atoms with Gasteiger partial charge in [-0.2, -0.15) is 0 Å². The van der Waals surface area contributed by atoms with Gasteiger partial charge in [-0.15, -0.1) is 0 Å². The number of hydrogen-bond acceptors (Lipinski definition) is 4. The van der Waals surface area contributed by atoms with Crippen LogP contribution in [-0.2, 0) is 10.0 Å². The van der Waals surface area contributed by atoms with Crippen LogP contribution in [0.1, 0.15) is 12.0 Å². The van der Waals surface area contributed by atoms with E-state index in [1.54, 1.807) is 13.1 Å². The number of rotatable bonds is 7. The van der Waals surface area contributed by atoms with Crippen molar-refractivity contribution in [3.63, 3.8) is 0 Å². The topological polar surface area (TPSA) is 66.6 Å². The van der Waals surface area contributed by atoms with Crippen LogP contribution in [0.15, 0.2) is 23.1 Å². The van der Waals surface area contributed by atoms with E-state index in [0.29, 0.717) is 12.1 Å². The summed E-state index contributed by atoms with van der Waals surface area (Å²) in [5.74, 6) is 0. The Morgan fingerprint density at radius 1 is 1.29 bits per heavy atom. The average Bonchev–Trinajstić information content (AvgIpc) is 2.37. The number of thiocarbonyl (C=S) groups is 1. The zero-order valence-electron chi connectivity index (χ0n) is 12.3. The van der Waals surface area contributed by atoms with E-state index in [4.69, 9.17) is 29.6 Å². The Labute approximate surface area is 136 Å². The third-order valence-electron chi connectivity index (χ3n) is 2.98. The van der Waals surface area contributed by atoms with Crippen LogP contribution in [0.2, 0.25) is 5.02 Å². The van der Waals surface area contributed by atoms with Crippen molar-refractivity contribution in [2.45, 2.75) is 11.3 Å². The first kappa shape index (κ1) is 18.3. The molecule has 0 aliphatic carbocycles. The van der Waals surface area contributed by atoms with Gasteiger partial charge in [0.05, 0.1) is 5.02 Å². The van der Waals surface area contributed by atoms with Gasteiger partial charge >= 0.3 is 0 Å². The van der Waals surface area contributed by atoms with Crippen LogP contribution in [0.25, 0.3) is 0 Å². The molecule has 0 aliphatic heterocycles. The second-order valence-electron chi connectivity index (χ2n) is 4.99. The first-order chi connectivity index (χ1) is 9.66. The molecule has 118 valence electrons. The molecule has 0 radical (unpaired) electrons. The minimum Gasteiger partial charge on any atom is -0.389 e. The van der Waals surface area contributed by atoms with Crippen molar-refractivity contribution in [2.75, 3.05) is 34.2 Å². The van der Waals surface area contributed by atoms with Crippen LogP contribution < -0.4 is 5.73 Å². The van der Waals surface area contributed by atoms with Crippen LogP contribution in [0.4, 0.5) is 0 Å². The van der Waals surface area contributed by atoms with Gasteiger partial charge in [-0.25, -0.2) is 12.7 Å². The van der Waals surface area contributed by atoms with Gasteiger partial charge in [0, 0.05) is 19.2 Å². The second kappa shape index (κ2) is 7.51. The van der Waals surface area contributed by atoms with Crippen molar-refractivity contribution in [3.8, 4) is 0 Å². The fourth-order valence-electron chi connectivity index (χ4n) is 1.76. The van der Waals surface area contributed by atoms with E-state index >= 15 is 0 Å². The van der Waals surface area contributed by atoms with Gasteiger partial charge in [-0.1, -0.05) is 29.9 Å². The number of nitrogens with two attached hydrogens (primary N) is 1. The van der Waals surface area contributed by atoms with Gasteiger partial charge < -0.3 is 10.6 Å². The van der Waals surface area contributed by atoms with Crippen LogP contribution in [0, 0.1) is 0 Å². The summed E-state index contributed by atoms with van der Waals surface area (Å²) in [6, 6.07) is 4.48. The summed E-state index contributed by atoms with van der Waals surface area (Å²) in [5.41, 5.74) is 6.05. The minimum atomic E-state index is -3.61. The lowest BCUT2D eigenvalue weighted by molar-refractivity contribution is 0.370. The van der Waals surface area contributed by atoms with E-state index in [2.05, 4.69) is 0 Å². The lowest BCUT2D eigenvalue weighted by Crippen LogP contribution is -2.30. The Morgan fingerprint density at radius 2 is 1.90 bits per heavy atom. The molecule has 1 aromatic rings. The fraction of sp³-hybridized carbons (Fsp3) is 0.462. The normalized spacial score (nSPS) is 12.1. The maximum absolute atomic E-state index is 12.5. The van der Waals surface area contributed by atoms with Gasteiger partial charge in [0.25, 0.3) is 0 Å². The molecule has 0 bridgehead atoms. The molecule has 8 heteroatoms. The highest BCUT2D eigenvalue weighted by Crippen LogP contribution is 2.25. The predicted octanol–water partition coefficient (Wildman–Crippen LogP) is 1.55. The molecule has 0 atom stereocenters. The lowest BCUT2D eigenvalue weighted by Gasteiger charge is -2.19. The molecule has 1 rings (SSSR count). The third kappa shape index (κ3) is 4.89. The Morgan fingerprint density at radius 3 is 2.38 bits per heavy atom. The molecule has 0 saturated carbocycles. The largest absolute Gasteiger partial charge is 0.389 e. The van der Waals surface area contributed by atoms with E-state index in [-0.39, 0.29) is 14.9 Å². The third-order valence-corrected chi connectivity index (χ3v) is 5.56. The first-order valence-electron chi connectivity index (χ1n) is 6.36. The Kier molecular flexibility index (Phi) is 6.55. The zero-order chi connectivity index (χ0) is 16.2. The summed E-state index contributed by atoms with van der Waals surface area (Å²) in [5, 5.41) is 0.125. The molecule has 0 fully saturated rings. The maximum atomic E-state index is 12.5. The Hall–Kier alpha value is -0.730. The van der Waals surface area contributed by atoms with Gasteiger partial charge in [0.2, 0.25) is 10.0 Å². The molecule has 0 saturated heterocycles. The summed E-state index contributed by atoms with van der Waals surface area (Å²) in [6.45, 7) is 1.24. The van der Waals surface area contributed by atoms with Crippen molar-refractivity contribution >= 4 is 38.8 Å². The molecule has 21 heavy (non-hydrogen) atoms. The second-order valence-corrected chi connectivity index (χ2v) is 7.85. The number of benzene rings is 1. The number of halogens is 1. The molecule has 0 aliphatic rings. The van der Waals surface area contributed by atoms with Crippen LogP contribution in [0.5, 0.6) is 0 Å². The molecule has 1 aromatic carbocycles. The van der Waals surface area contributed by atoms with E-state index in [1.807, 2.05) is 19.0 Å². The molecule has 0 unspecified atom stereocenters. The molecule has 2 N–H and O–H groups in total. The average molecular weight is 350 g/mol. The number of hydrogen-bond donors (Lipinski definition) is 1. The zero-order valence-corrected chi connectivity index (χ0v) is 14.7. The molecule has 0 aromatic heterocycles. The van der Waals surface area contributed by atoms with Crippen LogP contribution in [0.3, 0.4) is 0 Å². The monoisotopic (exact) mass is 349 g/mol. The van der Waals surface area contributed by atoms with Crippen LogP contribution >= 0.6 is 23.8 Å². The molecule has 0 amide bonds. The summed E-state index contributed by atoms with van der Waals surface area (Å²) in [4.78, 5) is 2.25. The molecular weight excluding hydrogens is 330 g/mol. The Bertz CT molecular complexity index is 618. The van der Waals surface area contributed by atoms with Crippen LogP contribution in [-0.4, -0.2) is 56.8 Å². The van der Waals surface area contributed by atoms with E-state index in [1.165, 1.54) is 16.4 Å². The van der Waals surface area contributed by atoms with Crippen molar-refractivity contribution in [2.24, 2.45) is 5.73 Å². The lowest BCUT2D eigenvalue weighted by atomic mass is 10.2. The van der Waals surface area contributed by atoms with Gasteiger partial charge in [0.15, 0.2) is 0 Å². The van der Waals surface area contributed by atoms with E-state index < -0.39 is 10.0 Å². The molecule has 5 nitrogen and oxygen atoms in total. The Balaban J connectivity index is 2.94. The maximum Gasteiger partial charge on any atom is 0.244 e. The summed E-state index contributed by atoms with van der Waals surface area (Å²) in [7, 11) is 1.82. The van der Waals surface area contributed by atoms with Crippen molar-refractivity contribution in [1.29, 1.82) is 0 Å². The van der Waals surface area contributed by atoms with Gasteiger partial charge in [0.1, 0.15) is 9.88 Å². The minimum absolute atomic E-state index is 0.0662. The summed E-state index contributed by atoms with van der Waals surface area (Å²) < 4.78 is 26.3. The number of sulfonamides is 1. The fourth-order valence-corrected chi connectivity index (χ4v) is 3.61.